The van der Waals surface area contributed by atoms with Crippen LogP contribution in [0.1, 0.15) is 27.0 Å². The Labute approximate surface area is 200 Å². The number of amides is 1. The molecule has 3 aromatic carbocycles. The summed E-state index contributed by atoms with van der Waals surface area (Å²) in [6.45, 7) is 0.585. The fraction of sp³-hybridized carbons (Fsp3) is 0.231. The Kier molecular flexibility index (Phi) is 6.68. The number of alkyl halides is 3. The molecule has 0 saturated heterocycles. The van der Waals surface area contributed by atoms with Crippen LogP contribution >= 0.6 is 0 Å². The number of hydrogen-bond acceptors (Lipinski definition) is 5. The van der Waals surface area contributed by atoms with Gasteiger partial charge in [-0.1, -0.05) is 12.1 Å². The third-order valence-corrected chi connectivity index (χ3v) is 5.84. The second-order valence-electron chi connectivity index (χ2n) is 8.09. The summed E-state index contributed by atoms with van der Waals surface area (Å²) in [6, 6.07) is 17.1. The lowest BCUT2D eigenvalue weighted by Crippen LogP contribution is -2.26. The summed E-state index contributed by atoms with van der Waals surface area (Å²) in [4.78, 5) is 27.6. The third kappa shape index (κ3) is 5.24. The van der Waals surface area contributed by atoms with Gasteiger partial charge >= 0.3 is 12.1 Å². The molecule has 0 atom stereocenters. The fourth-order valence-electron chi connectivity index (χ4n) is 3.88. The van der Waals surface area contributed by atoms with E-state index in [0.29, 0.717) is 17.0 Å². The first kappa shape index (κ1) is 24.1. The van der Waals surface area contributed by atoms with Crippen LogP contribution in [0.25, 0.3) is 0 Å². The molecule has 0 bridgehead atoms. The van der Waals surface area contributed by atoms with E-state index >= 15 is 0 Å². The average molecular weight is 484 g/mol. The molecule has 0 saturated carbocycles. The number of hydrogen-bond donors (Lipinski definition) is 0. The molecule has 0 unspecified atom stereocenters. The molecule has 3 aromatic rings. The van der Waals surface area contributed by atoms with Crippen LogP contribution in [0, 0.1) is 0 Å². The average Bonchev–Trinajstić information content (AvgIpc) is 3.19. The van der Waals surface area contributed by atoms with Crippen molar-refractivity contribution < 1.29 is 32.2 Å². The summed E-state index contributed by atoms with van der Waals surface area (Å²) in [5, 5.41) is 0. The first-order valence-corrected chi connectivity index (χ1v) is 10.8. The van der Waals surface area contributed by atoms with E-state index in [9.17, 15) is 22.8 Å². The van der Waals surface area contributed by atoms with Gasteiger partial charge in [0.05, 0.1) is 19.2 Å². The second-order valence-corrected chi connectivity index (χ2v) is 8.09. The number of ether oxygens (including phenoxy) is 2. The van der Waals surface area contributed by atoms with E-state index < -0.39 is 11.7 Å². The van der Waals surface area contributed by atoms with E-state index in [2.05, 4.69) is 4.74 Å². The number of likely N-dealkylation sites (N-methyl/N-ethyl adjacent to an activating group) is 1. The van der Waals surface area contributed by atoms with Crippen LogP contribution in [-0.4, -0.2) is 32.6 Å². The Hall–Kier alpha value is -4.01. The Bertz CT molecular complexity index is 1220. The molecule has 4 rings (SSSR count). The predicted molar refractivity (Wildman–Crippen MR) is 124 cm³/mol. The molecule has 0 aromatic heterocycles. The van der Waals surface area contributed by atoms with Gasteiger partial charge in [0, 0.05) is 24.0 Å². The van der Waals surface area contributed by atoms with Gasteiger partial charge in [-0.05, 0) is 65.7 Å². The molecule has 35 heavy (non-hydrogen) atoms. The highest BCUT2D eigenvalue weighted by Gasteiger charge is 2.33. The largest absolute Gasteiger partial charge is 0.489 e. The Balaban J connectivity index is 1.45. The molecule has 0 radical (unpaired) electrons. The molecular formula is C26H23F3N2O4. The normalized spacial score (nSPS) is 12.9. The standard InChI is InChI=1S/C26H23F3N2O4/c1-30(15-24(32)34-2)19-10-12-21(13-11-19)35-16-17-4-3-5-22-23(17)14-31(25(22)33)20-8-6-18(7-9-20)26(27,28)29/h3-13H,14-16H2,1-2H3. The number of carbonyl (C=O) groups is 2. The van der Waals surface area contributed by atoms with Gasteiger partial charge < -0.3 is 19.3 Å². The molecular weight excluding hydrogens is 461 g/mol. The highest BCUT2D eigenvalue weighted by Crippen LogP contribution is 2.34. The van der Waals surface area contributed by atoms with Crippen molar-refractivity contribution in [2.75, 3.05) is 30.5 Å². The van der Waals surface area contributed by atoms with Crippen LogP contribution in [0.3, 0.4) is 0 Å². The topological polar surface area (TPSA) is 59.1 Å². The van der Waals surface area contributed by atoms with Crippen LogP contribution in [-0.2, 0) is 28.9 Å². The second kappa shape index (κ2) is 9.69. The zero-order valence-electron chi connectivity index (χ0n) is 19.1. The summed E-state index contributed by atoms with van der Waals surface area (Å²) < 4.78 is 49.2. The molecule has 0 fully saturated rings. The molecule has 1 amide bonds. The fourth-order valence-corrected chi connectivity index (χ4v) is 3.88. The van der Waals surface area contributed by atoms with Crippen LogP contribution in [0.5, 0.6) is 5.75 Å². The minimum Gasteiger partial charge on any atom is -0.489 e. The number of methoxy groups -OCH3 is 1. The van der Waals surface area contributed by atoms with Gasteiger partial charge in [0.1, 0.15) is 18.9 Å². The monoisotopic (exact) mass is 484 g/mol. The van der Waals surface area contributed by atoms with Crippen LogP contribution < -0.4 is 14.5 Å². The number of carbonyl (C=O) groups excluding carboxylic acids is 2. The summed E-state index contributed by atoms with van der Waals surface area (Å²) >= 11 is 0. The highest BCUT2D eigenvalue weighted by atomic mass is 19.4. The number of rotatable bonds is 7. The smallest absolute Gasteiger partial charge is 0.416 e. The molecule has 9 heteroatoms. The molecule has 182 valence electrons. The lowest BCUT2D eigenvalue weighted by Gasteiger charge is -2.18. The molecule has 1 aliphatic rings. The lowest BCUT2D eigenvalue weighted by molar-refractivity contribution is -0.139. The number of nitrogens with zero attached hydrogens (tertiary/aromatic N) is 2. The van der Waals surface area contributed by atoms with Gasteiger partial charge in [-0.15, -0.1) is 0 Å². The summed E-state index contributed by atoms with van der Waals surface area (Å²) in [7, 11) is 3.11. The maximum absolute atomic E-state index is 12.9. The predicted octanol–water partition coefficient (Wildman–Crippen LogP) is 5.05. The number of benzene rings is 3. The van der Waals surface area contributed by atoms with Gasteiger partial charge in [0.25, 0.3) is 5.91 Å². The third-order valence-electron chi connectivity index (χ3n) is 5.84. The van der Waals surface area contributed by atoms with Crippen molar-refractivity contribution in [1.82, 2.24) is 0 Å². The van der Waals surface area contributed by atoms with E-state index in [0.717, 1.165) is 28.9 Å². The molecule has 0 spiro atoms. The van der Waals surface area contributed by atoms with Crippen molar-refractivity contribution in [3.63, 3.8) is 0 Å². The SMILES string of the molecule is COC(=O)CN(C)c1ccc(OCc2cccc3c2CN(c2ccc(C(F)(F)F)cc2)C3=O)cc1. The van der Waals surface area contributed by atoms with E-state index in [-0.39, 0.29) is 31.6 Å². The minimum absolute atomic E-state index is 0.121. The van der Waals surface area contributed by atoms with Crippen molar-refractivity contribution in [2.45, 2.75) is 19.3 Å². The minimum atomic E-state index is -4.43. The quantitative estimate of drug-likeness (QED) is 0.439. The summed E-state index contributed by atoms with van der Waals surface area (Å²) in [5.74, 6) is 0.00647. The summed E-state index contributed by atoms with van der Waals surface area (Å²) in [6.07, 6.45) is -4.43. The Morgan fingerprint density at radius 1 is 1.03 bits per heavy atom. The number of esters is 1. The van der Waals surface area contributed by atoms with E-state index in [4.69, 9.17) is 4.74 Å². The molecule has 6 nitrogen and oxygen atoms in total. The maximum Gasteiger partial charge on any atom is 0.416 e. The number of anilines is 2. The van der Waals surface area contributed by atoms with Crippen molar-refractivity contribution >= 4 is 23.3 Å². The van der Waals surface area contributed by atoms with Crippen molar-refractivity contribution in [1.29, 1.82) is 0 Å². The van der Waals surface area contributed by atoms with Gasteiger partial charge in [-0.2, -0.15) is 13.2 Å². The first-order valence-electron chi connectivity index (χ1n) is 10.8. The van der Waals surface area contributed by atoms with Gasteiger partial charge in [0.15, 0.2) is 0 Å². The van der Waals surface area contributed by atoms with Crippen LogP contribution in [0.2, 0.25) is 0 Å². The maximum atomic E-state index is 12.9. The summed E-state index contributed by atoms with van der Waals surface area (Å²) in [5.41, 5.74) is 2.57. The molecule has 0 N–H and O–H groups in total. The van der Waals surface area contributed by atoms with Gasteiger partial charge in [-0.25, -0.2) is 0 Å². The molecule has 1 aliphatic heterocycles. The van der Waals surface area contributed by atoms with E-state index in [1.165, 1.54) is 24.1 Å². The lowest BCUT2D eigenvalue weighted by atomic mass is 10.0. The van der Waals surface area contributed by atoms with E-state index in [1.807, 2.05) is 18.2 Å². The van der Waals surface area contributed by atoms with Gasteiger partial charge in [-0.3, -0.25) is 9.59 Å². The zero-order chi connectivity index (χ0) is 25.2. The number of fused-ring (bicyclic) bond motifs is 1. The molecule has 0 aliphatic carbocycles. The Morgan fingerprint density at radius 2 is 1.71 bits per heavy atom. The van der Waals surface area contributed by atoms with E-state index in [1.54, 1.807) is 36.2 Å². The van der Waals surface area contributed by atoms with Crippen molar-refractivity contribution in [3.05, 3.63) is 89.0 Å². The first-order chi connectivity index (χ1) is 16.7. The Morgan fingerprint density at radius 3 is 2.34 bits per heavy atom. The van der Waals surface area contributed by atoms with Crippen LogP contribution in [0.4, 0.5) is 24.5 Å². The van der Waals surface area contributed by atoms with Crippen molar-refractivity contribution in [3.8, 4) is 5.75 Å². The molecule has 1 heterocycles. The highest BCUT2D eigenvalue weighted by molar-refractivity contribution is 6.10. The van der Waals surface area contributed by atoms with Crippen LogP contribution in [0.15, 0.2) is 66.7 Å². The van der Waals surface area contributed by atoms with Gasteiger partial charge in [0.2, 0.25) is 0 Å². The zero-order valence-corrected chi connectivity index (χ0v) is 19.1. The number of halogens is 3. The van der Waals surface area contributed by atoms with Crippen molar-refractivity contribution in [2.24, 2.45) is 0 Å².